The van der Waals surface area contributed by atoms with Crippen LogP contribution < -0.4 is 5.32 Å². The first-order valence-electron chi connectivity index (χ1n) is 5.89. The van der Waals surface area contributed by atoms with E-state index in [9.17, 15) is 0 Å². The van der Waals surface area contributed by atoms with Crippen molar-refractivity contribution in [2.24, 2.45) is 11.8 Å². The quantitative estimate of drug-likeness (QED) is 0.727. The third-order valence-electron chi connectivity index (χ3n) is 3.25. The second-order valence-corrected chi connectivity index (χ2v) is 4.55. The minimum Gasteiger partial charge on any atom is -0.496 e. The van der Waals surface area contributed by atoms with Crippen LogP contribution in [0.2, 0.25) is 0 Å². The van der Waals surface area contributed by atoms with E-state index in [1.165, 1.54) is 18.6 Å². The number of rotatable bonds is 5. The van der Waals surface area contributed by atoms with Crippen molar-refractivity contribution in [1.82, 2.24) is 5.32 Å². The lowest BCUT2D eigenvalue weighted by molar-refractivity contribution is 0.206. The smallest absolute Gasteiger partial charge is 0.109 e. The second kappa shape index (κ2) is 4.35. The predicted octanol–water partition coefficient (Wildman–Crippen LogP) is 2.31. The summed E-state index contributed by atoms with van der Waals surface area (Å²) in [6.45, 7) is 6.54. The van der Waals surface area contributed by atoms with Crippen molar-refractivity contribution in [2.45, 2.75) is 39.2 Å². The number of hydrogen-bond donors (Lipinski definition) is 1. The SMILES string of the molecule is CCCNC(C1=CCCO1)C1CC1C. The van der Waals surface area contributed by atoms with Gasteiger partial charge in [-0.1, -0.05) is 13.8 Å². The molecule has 3 atom stereocenters. The summed E-state index contributed by atoms with van der Waals surface area (Å²) in [5.41, 5.74) is 0. The molecule has 2 aliphatic rings. The van der Waals surface area contributed by atoms with Gasteiger partial charge in [-0.2, -0.15) is 0 Å². The van der Waals surface area contributed by atoms with Gasteiger partial charge >= 0.3 is 0 Å². The zero-order valence-electron chi connectivity index (χ0n) is 9.25. The van der Waals surface area contributed by atoms with Gasteiger partial charge < -0.3 is 10.1 Å². The van der Waals surface area contributed by atoms with Crippen LogP contribution in [-0.2, 0) is 4.74 Å². The van der Waals surface area contributed by atoms with Gasteiger partial charge in [0, 0.05) is 6.42 Å². The molecule has 0 aromatic rings. The van der Waals surface area contributed by atoms with E-state index >= 15 is 0 Å². The molecular formula is C12H21NO. The first kappa shape index (κ1) is 10.0. The van der Waals surface area contributed by atoms with Gasteiger partial charge in [-0.3, -0.25) is 0 Å². The Morgan fingerprint density at radius 2 is 2.43 bits per heavy atom. The van der Waals surface area contributed by atoms with Gasteiger partial charge in [0.15, 0.2) is 0 Å². The highest BCUT2D eigenvalue weighted by Gasteiger charge is 2.41. The Balaban J connectivity index is 1.91. The molecule has 1 heterocycles. The molecule has 1 aliphatic heterocycles. The van der Waals surface area contributed by atoms with E-state index in [2.05, 4.69) is 25.2 Å². The van der Waals surface area contributed by atoms with Gasteiger partial charge in [0.25, 0.3) is 0 Å². The maximum atomic E-state index is 5.66. The minimum absolute atomic E-state index is 0.507. The summed E-state index contributed by atoms with van der Waals surface area (Å²) < 4.78 is 5.66. The van der Waals surface area contributed by atoms with Gasteiger partial charge in [-0.15, -0.1) is 0 Å². The first-order valence-corrected chi connectivity index (χ1v) is 5.89. The first-order chi connectivity index (χ1) is 6.83. The topological polar surface area (TPSA) is 21.3 Å². The monoisotopic (exact) mass is 195 g/mol. The summed E-state index contributed by atoms with van der Waals surface area (Å²) in [5.74, 6) is 2.92. The zero-order chi connectivity index (χ0) is 9.97. The number of hydrogen-bond acceptors (Lipinski definition) is 2. The normalized spacial score (nSPS) is 32.3. The van der Waals surface area contributed by atoms with E-state index in [4.69, 9.17) is 4.74 Å². The summed E-state index contributed by atoms with van der Waals surface area (Å²) in [4.78, 5) is 0. The molecule has 0 aromatic heterocycles. The van der Waals surface area contributed by atoms with Crippen molar-refractivity contribution in [2.75, 3.05) is 13.2 Å². The maximum Gasteiger partial charge on any atom is 0.109 e. The Bertz CT molecular complexity index is 224. The Morgan fingerprint density at radius 1 is 1.64 bits per heavy atom. The van der Waals surface area contributed by atoms with Crippen LogP contribution in [0.15, 0.2) is 11.8 Å². The number of ether oxygens (including phenoxy) is 1. The third-order valence-corrected chi connectivity index (χ3v) is 3.25. The van der Waals surface area contributed by atoms with Crippen LogP contribution in [0.1, 0.15) is 33.1 Å². The fraction of sp³-hybridized carbons (Fsp3) is 0.833. The van der Waals surface area contributed by atoms with Crippen LogP contribution in [0.4, 0.5) is 0 Å². The molecule has 0 aromatic carbocycles. The van der Waals surface area contributed by atoms with Crippen molar-refractivity contribution in [1.29, 1.82) is 0 Å². The Morgan fingerprint density at radius 3 is 2.93 bits per heavy atom. The highest BCUT2D eigenvalue weighted by atomic mass is 16.5. The Hall–Kier alpha value is -0.500. The molecule has 0 saturated heterocycles. The summed E-state index contributed by atoms with van der Waals surface area (Å²) >= 11 is 0. The van der Waals surface area contributed by atoms with Crippen LogP contribution in [0.25, 0.3) is 0 Å². The summed E-state index contributed by atoms with van der Waals surface area (Å²) in [6, 6.07) is 0.507. The van der Waals surface area contributed by atoms with Crippen LogP contribution in [0.5, 0.6) is 0 Å². The lowest BCUT2D eigenvalue weighted by atomic mass is 10.1. The summed E-state index contributed by atoms with van der Waals surface area (Å²) in [5, 5.41) is 3.61. The van der Waals surface area contributed by atoms with E-state index in [0.29, 0.717) is 6.04 Å². The lowest BCUT2D eigenvalue weighted by Gasteiger charge is -2.19. The summed E-state index contributed by atoms with van der Waals surface area (Å²) in [7, 11) is 0. The van der Waals surface area contributed by atoms with Crippen LogP contribution in [0.3, 0.4) is 0 Å². The molecule has 1 saturated carbocycles. The zero-order valence-corrected chi connectivity index (χ0v) is 9.25. The standard InChI is InChI=1S/C12H21NO/c1-3-6-13-12(10-8-9(10)2)11-5-4-7-14-11/h5,9-10,12-13H,3-4,6-8H2,1-2H3. The Labute approximate surface area is 86.7 Å². The average Bonchev–Trinajstić information content (AvgIpc) is 2.71. The van der Waals surface area contributed by atoms with Gasteiger partial charge in [0.05, 0.1) is 12.6 Å². The molecule has 0 amide bonds. The van der Waals surface area contributed by atoms with E-state index in [-0.39, 0.29) is 0 Å². The molecule has 0 bridgehead atoms. The van der Waals surface area contributed by atoms with Crippen molar-refractivity contribution < 1.29 is 4.74 Å². The van der Waals surface area contributed by atoms with E-state index < -0.39 is 0 Å². The molecule has 2 heteroatoms. The highest BCUT2D eigenvalue weighted by molar-refractivity contribution is 5.13. The largest absolute Gasteiger partial charge is 0.496 e. The molecule has 1 aliphatic carbocycles. The van der Waals surface area contributed by atoms with Crippen molar-refractivity contribution in [3.05, 3.63) is 11.8 Å². The molecule has 2 rings (SSSR count). The highest BCUT2D eigenvalue weighted by Crippen LogP contribution is 2.43. The van der Waals surface area contributed by atoms with Gasteiger partial charge in [-0.25, -0.2) is 0 Å². The molecule has 80 valence electrons. The molecular weight excluding hydrogens is 174 g/mol. The molecule has 3 unspecified atom stereocenters. The van der Waals surface area contributed by atoms with Crippen LogP contribution in [0, 0.1) is 11.8 Å². The summed E-state index contributed by atoms with van der Waals surface area (Å²) in [6.07, 6.45) is 5.92. The minimum atomic E-state index is 0.507. The molecule has 0 radical (unpaired) electrons. The van der Waals surface area contributed by atoms with E-state index in [1.807, 2.05) is 0 Å². The van der Waals surface area contributed by atoms with Crippen molar-refractivity contribution in [3.8, 4) is 0 Å². The average molecular weight is 195 g/mol. The van der Waals surface area contributed by atoms with Crippen molar-refractivity contribution in [3.63, 3.8) is 0 Å². The van der Waals surface area contributed by atoms with Crippen LogP contribution >= 0.6 is 0 Å². The van der Waals surface area contributed by atoms with Crippen LogP contribution in [-0.4, -0.2) is 19.2 Å². The fourth-order valence-corrected chi connectivity index (χ4v) is 2.23. The molecule has 1 N–H and O–H groups in total. The lowest BCUT2D eigenvalue weighted by Crippen LogP contribution is -2.34. The molecule has 0 spiro atoms. The molecule has 1 fully saturated rings. The third kappa shape index (κ3) is 2.11. The number of nitrogens with one attached hydrogen (secondary N) is 1. The van der Waals surface area contributed by atoms with E-state index in [1.54, 1.807) is 0 Å². The van der Waals surface area contributed by atoms with Gasteiger partial charge in [0.1, 0.15) is 5.76 Å². The predicted molar refractivity (Wildman–Crippen MR) is 58.0 cm³/mol. The second-order valence-electron chi connectivity index (χ2n) is 4.55. The van der Waals surface area contributed by atoms with Gasteiger partial charge in [-0.05, 0) is 37.3 Å². The molecule has 2 nitrogen and oxygen atoms in total. The maximum absolute atomic E-state index is 5.66. The molecule has 14 heavy (non-hydrogen) atoms. The van der Waals surface area contributed by atoms with Crippen molar-refractivity contribution >= 4 is 0 Å². The Kier molecular flexibility index (Phi) is 3.12. The fourth-order valence-electron chi connectivity index (χ4n) is 2.23. The van der Waals surface area contributed by atoms with Gasteiger partial charge in [0.2, 0.25) is 0 Å². The van der Waals surface area contributed by atoms with E-state index in [0.717, 1.165) is 31.4 Å².